The first kappa shape index (κ1) is 22.2. The molecule has 6 nitrogen and oxygen atoms in total. The van der Waals surface area contributed by atoms with Gasteiger partial charge in [0.05, 0.1) is 10.9 Å². The average Bonchev–Trinajstić information content (AvgIpc) is 2.73. The number of hydrogen-bond acceptors (Lipinski definition) is 4. The lowest BCUT2D eigenvalue weighted by Crippen LogP contribution is -2.35. The quantitative estimate of drug-likeness (QED) is 0.723. The van der Waals surface area contributed by atoms with Crippen molar-refractivity contribution in [3.63, 3.8) is 0 Å². The first-order valence-electron chi connectivity index (χ1n) is 10.1. The summed E-state index contributed by atoms with van der Waals surface area (Å²) in [4.78, 5) is 12.4. The van der Waals surface area contributed by atoms with Gasteiger partial charge < -0.3 is 10.1 Å². The van der Waals surface area contributed by atoms with Gasteiger partial charge in [0.25, 0.3) is 5.91 Å². The van der Waals surface area contributed by atoms with E-state index >= 15 is 0 Å². The van der Waals surface area contributed by atoms with Gasteiger partial charge in [0.1, 0.15) is 11.6 Å². The maximum absolute atomic E-state index is 13.0. The number of ether oxygens (including phenoxy) is 1. The zero-order valence-corrected chi connectivity index (χ0v) is 18.0. The molecule has 1 saturated heterocycles. The van der Waals surface area contributed by atoms with Crippen molar-refractivity contribution in [3.05, 3.63) is 59.4 Å². The topological polar surface area (TPSA) is 75.7 Å². The van der Waals surface area contributed by atoms with Crippen molar-refractivity contribution >= 4 is 15.9 Å². The van der Waals surface area contributed by atoms with E-state index in [-0.39, 0.29) is 29.3 Å². The van der Waals surface area contributed by atoms with E-state index in [1.165, 1.54) is 22.5 Å². The highest BCUT2D eigenvalue weighted by molar-refractivity contribution is 7.89. The average molecular weight is 435 g/mol. The van der Waals surface area contributed by atoms with Gasteiger partial charge in [-0.1, -0.05) is 18.6 Å². The summed E-state index contributed by atoms with van der Waals surface area (Å²) >= 11 is 0. The van der Waals surface area contributed by atoms with Crippen molar-refractivity contribution < 1.29 is 22.3 Å². The Morgan fingerprint density at radius 1 is 1.13 bits per heavy atom. The molecule has 1 unspecified atom stereocenters. The smallest absolute Gasteiger partial charge is 0.258 e. The lowest BCUT2D eigenvalue weighted by Gasteiger charge is -2.26. The summed E-state index contributed by atoms with van der Waals surface area (Å²) in [7, 11) is -3.51. The molecule has 0 aliphatic carbocycles. The van der Waals surface area contributed by atoms with E-state index in [2.05, 4.69) is 5.32 Å². The summed E-state index contributed by atoms with van der Waals surface area (Å²) in [6.07, 6.45) is 2.81. The SMILES string of the molecule is Cc1cc(S(=O)(=O)N2CCCCC2)ccc1OCC(=O)NC(C)c1ccc(F)cc1. The predicted octanol–water partition coefficient (Wildman–Crippen LogP) is 3.56. The zero-order chi connectivity index (χ0) is 21.7. The molecule has 30 heavy (non-hydrogen) atoms. The molecule has 1 aliphatic rings. The van der Waals surface area contributed by atoms with Crippen LogP contribution >= 0.6 is 0 Å². The second-order valence-electron chi connectivity index (χ2n) is 7.52. The van der Waals surface area contributed by atoms with Crippen LogP contribution in [0, 0.1) is 12.7 Å². The number of amides is 1. The number of nitrogens with one attached hydrogen (secondary N) is 1. The van der Waals surface area contributed by atoms with E-state index in [1.54, 1.807) is 38.1 Å². The minimum absolute atomic E-state index is 0.204. The van der Waals surface area contributed by atoms with Gasteiger partial charge >= 0.3 is 0 Å². The van der Waals surface area contributed by atoms with Crippen LogP contribution in [0.3, 0.4) is 0 Å². The number of halogens is 1. The van der Waals surface area contributed by atoms with Crippen LogP contribution in [0.5, 0.6) is 5.75 Å². The number of sulfonamides is 1. The van der Waals surface area contributed by atoms with Crippen molar-refractivity contribution in [2.75, 3.05) is 19.7 Å². The molecule has 0 radical (unpaired) electrons. The molecule has 0 bridgehead atoms. The van der Waals surface area contributed by atoms with Gasteiger partial charge in [0.2, 0.25) is 10.0 Å². The monoisotopic (exact) mass is 434 g/mol. The minimum atomic E-state index is -3.51. The highest BCUT2D eigenvalue weighted by Gasteiger charge is 2.26. The number of carbonyl (C=O) groups excluding carboxylic acids is 1. The van der Waals surface area contributed by atoms with Crippen LogP contribution in [0.1, 0.15) is 43.4 Å². The second kappa shape index (κ2) is 9.57. The number of hydrogen-bond donors (Lipinski definition) is 1. The fourth-order valence-electron chi connectivity index (χ4n) is 3.46. The number of aryl methyl sites for hydroxylation is 1. The molecular weight excluding hydrogens is 407 g/mol. The number of rotatable bonds is 7. The zero-order valence-electron chi connectivity index (χ0n) is 17.2. The van der Waals surface area contributed by atoms with Crippen molar-refractivity contribution in [1.29, 1.82) is 0 Å². The molecule has 1 heterocycles. The van der Waals surface area contributed by atoms with Crippen LogP contribution in [-0.2, 0) is 14.8 Å². The lowest BCUT2D eigenvalue weighted by molar-refractivity contribution is -0.123. The molecule has 1 N–H and O–H groups in total. The van der Waals surface area contributed by atoms with Gasteiger partial charge in [0, 0.05) is 13.1 Å². The number of piperidine rings is 1. The van der Waals surface area contributed by atoms with Crippen molar-refractivity contribution in [2.45, 2.75) is 44.0 Å². The molecule has 0 saturated carbocycles. The van der Waals surface area contributed by atoms with E-state index in [1.807, 2.05) is 0 Å². The van der Waals surface area contributed by atoms with Gasteiger partial charge in [-0.15, -0.1) is 0 Å². The third-order valence-electron chi connectivity index (χ3n) is 5.21. The molecule has 8 heteroatoms. The number of carbonyl (C=O) groups is 1. The fourth-order valence-corrected chi connectivity index (χ4v) is 5.06. The Balaban J connectivity index is 1.59. The third-order valence-corrected chi connectivity index (χ3v) is 7.10. The molecule has 2 aromatic rings. The van der Waals surface area contributed by atoms with Gasteiger partial charge in [-0.25, -0.2) is 12.8 Å². The molecule has 1 atom stereocenters. The third kappa shape index (κ3) is 5.37. The van der Waals surface area contributed by atoms with Crippen molar-refractivity contribution in [1.82, 2.24) is 9.62 Å². The lowest BCUT2D eigenvalue weighted by atomic mass is 10.1. The molecule has 2 aromatic carbocycles. The van der Waals surface area contributed by atoms with Crippen LogP contribution < -0.4 is 10.1 Å². The largest absolute Gasteiger partial charge is 0.484 e. The molecule has 1 amide bonds. The van der Waals surface area contributed by atoms with E-state index in [0.29, 0.717) is 24.4 Å². The first-order chi connectivity index (χ1) is 14.3. The van der Waals surface area contributed by atoms with Gasteiger partial charge in [-0.2, -0.15) is 4.31 Å². The summed E-state index contributed by atoms with van der Waals surface area (Å²) < 4.78 is 45.7. The molecule has 0 aromatic heterocycles. The normalized spacial score (nSPS) is 16.1. The van der Waals surface area contributed by atoms with Crippen LogP contribution in [0.15, 0.2) is 47.4 Å². The molecule has 3 rings (SSSR count). The molecular formula is C22H27FN2O4S. The highest BCUT2D eigenvalue weighted by atomic mass is 32.2. The van der Waals surface area contributed by atoms with Gasteiger partial charge in [-0.3, -0.25) is 4.79 Å². The molecule has 1 fully saturated rings. The first-order valence-corrected chi connectivity index (χ1v) is 11.5. The molecule has 1 aliphatic heterocycles. The highest BCUT2D eigenvalue weighted by Crippen LogP contribution is 2.26. The Bertz CT molecular complexity index is 987. The maximum atomic E-state index is 13.0. The Hall–Kier alpha value is -2.45. The Kier molecular flexibility index (Phi) is 7.10. The summed E-state index contributed by atoms with van der Waals surface area (Å²) in [5.74, 6) is -0.199. The summed E-state index contributed by atoms with van der Waals surface area (Å²) in [5, 5.41) is 2.80. The predicted molar refractivity (Wildman–Crippen MR) is 112 cm³/mol. The van der Waals surface area contributed by atoms with E-state index < -0.39 is 10.0 Å². The number of benzene rings is 2. The maximum Gasteiger partial charge on any atom is 0.258 e. The van der Waals surface area contributed by atoms with Crippen LogP contribution in [0.25, 0.3) is 0 Å². The Labute approximate surface area is 177 Å². The van der Waals surface area contributed by atoms with Crippen LogP contribution in [-0.4, -0.2) is 38.3 Å². The van der Waals surface area contributed by atoms with Crippen LogP contribution in [0.4, 0.5) is 4.39 Å². The Morgan fingerprint density at radius 2 is 1.80 bits per heavy atom. The standard InChI is InChI=1S/C22H27FN2O4S/c1-16-14-20(30(27,28)25-12-4-3-5-13-25)10-11-21(16)29-15-22(26)24-17(2)18-6-8-19(23)9-7-18/h6-11,14,17H,3-5,12-13,15H2,1-2H3,(H,24,26). The second-order valence-corrected chi connectivity index (χ2v) is 9.46. The van der Waals surface area contributed by atoms with E-state index in [9.17, 15) is 17.6 Å². The fraction of sp³-hybridized carbons (Fsp3) is 0.409. The molecule has 0 spiro atoms. The summed E-state index contributed by atoms with van der Waals surface area (Å²) in [6.45, 7) is 4.45. The summed E-state index contributed by atoms with van der Waals surface area (Å²) in [6, 6.07) is 10.3. The minimum Gasteiger partial charge on any atom is -0.484 e. The Morgan fingerprint density at radius 3 is 2.43 bits per heavy atom. The van der Waals surface area contributed by atoms with Gasteiger partial charge in [0.15, 0.2) is 6.61 Å². The van der Waals surface area contributed by atoms with Crippen molar-refractivity contribution in [3.8, 4) is 5.75 Å². The van der Waals surface area contributed by atoms with Gasteiger partial charge in [-0.05, 0) is 68.1 Å². The molecule has 162 valence electrons. The number of nitrogens with zero attached hydrogens (tertiary/aromatic N) is 1. The summed E-state index contributed by atoms with van der Waals surface area (Å²) in [5.41, 5.74) is 1.43. The van der Waals surface area contributed by atoms with Crippen LogP contribution in [0.2, 0.25) is 0 Å². The van der Waals surface area contributed by atoms with E-state index in [0.717, 1.165) is 24.8 Å². The van der Waals surface area contributed by atoms with E-state index in [4.69, 9.17) is 4.74 Å². The van der Waals surface area contributed by atoms with Crippen molar-refractivity contribution in [2.24, 2.45) is 0 Å².